The first kappa shape index (κ1) is 25.2. The number of nitrogens with one attached hydrogen (secondary N) is 2. The molecule has 3 atom stereocenters. The van der Waals surface area contributed by atoms with E-state index in [1.165, 1.54) is 24.2 Å². The van der Waals surface area contributed by atoms with Crippen LogP contribution in [0.15, 0.2) is 24.3 Å². The van der Waals surface area contributed by atoms with E-state index in [0.717, 1.165) is 49.4 Å². The van der Waals surface area contributed by atoms with Crippen molar-refractivity contribution in [1.29, 1.82) is 0 Å². The molecule has 1 saturated heterocycles. The fourth-order valence-electron chi connectivity index (χ4n) is 5.00. The Balaban J connectivity index is 1.51. The maximum atomic E-state index is 13.1. The van der Waals surface area contributed by atoms with E-state index in [9.17, 15) is 24.6 Å². The standard InChI is InChI=1S/C25H37N3O5/c1-17(23(29)28-16-20-9-6-5-8-19(20)15-22(28)25(32)33)27-21(24(30)31)10-4-2-3-7-18-11-13-26-14-12-18/h5-6,8-9,17-18,21-22,26-27H,2-4,7,10-16H2,1H3,(H,30,31)(H,32,33)/t17-,21-,22-/m0/s1. The van der Waals surface area contributed by atoms with E-state index >= 15 is 0 Å². The molecule has 33 heavy (non-hydrogen) atoms. The van der Waals surface area contributed by atoms with Gasteiger partial charge in [-0.25, -0.2) is 4.79 Å². The van der Waals surface area contributed by atoms with Crippen molar-refractivity contribution in [3.8, 4) is 0 Å². The molecule has 1 fully saturated rings. The third kappa shape index (κ3) is 7.01. The molecule has 8 nitrogen and oxygen atoms in total. The Kier molecular flexibility index (Phi) is 9.26. The number of aliphatic carboxylic acids is 2. The number of carbonyl (C=O) groups excluding carboxylic acids is 1. The first-order valence-electron chi connectivity index (χ1n) is 12.2. The van der Waals surface area contributed by atoms with Gasteiger partial charge in [-0.05, 0) is 56.3 Å². The van der Waals surface area contributed by atoms with Crippen molar-refractivity contribution < 1.29 is 24.6 Å². The van der Waals surface area contributed by atoms with Crippen LogP contribution in [0.3, 0.4) is 0 Å². The molecule has 0 unspecified atom stereocenters. The molecule has 0 saturated carbocycles. The van der Waals surface area contributed by atoms with Gasteiger partial charge in [0, 0.05) is 13.0 Å². The molecule has 4 N–H and O–H groups in total. The summed E-state index contributed by atoms with van der Waals surface area (Å²) in [7, 11) is 0. The van der Waals surface area contributed by atoms with E-state index < -0.39 is 30.1 Å². The number of hydrogen-bond acceptors (Lipinski definition) is 5. The third-order valence-electron chi connectivity index (χ3n) is 7.00. The molecular formula is C25H37N3O5. The van der Waals surface area contributed by atoms with Crippen molar-refractivity contribution >= 4 is 17.8 Å². The highest BCUT2D eigenvalue weighted by Crippen LogP contribution is 2.24. The zero-order chi connectivity index (χ0) is 23.8. The zero-order valence-electron chi connectivity index (χ0n) is 19.5. The molecule has 0 bridgehead atoms. The second-order valence-electron chi connectivity index (χ2n) is 9.40. The number of rotatable bonds is 11. The van der Waals surface area contributed by atoms with Crippen LogP contribution in [-0.4, -0.2) is 64.2 Å². The number of hydrogen-bond donors (Lipinski definition) is 4. The SMILES string of the molecule is C[C@H](N[C@@H](CCCCCC1CCNCC1)C(=O)O)C(=O)N1Cc2ccccc2C[C@H]1C(=O)O. The first-order chi connectivity index (χ1) is 15.9. The van der Waals surface area contributed by atoms with Crippen LogP contribution in [0.2, 0.25) is 0 Å². The predicted molar refractivity (Wildman–Crippen MR) is 125 cm³/mol. The molecule has 1 aromatic carbocycles. The number of benzene rings is 1. The van der Waals surface area contributed by atoms with E-state index in [1.807, 2.05) is 24.3 Å². The van der Waals surface area contributed by atoms with Gasteiger partial charge in [0.05, 0.1) is 6.04 Å². The number of piperidine rings is 1. The van der Waals surface area contributed by atoms with Crippen molar-refractivity contribution in [3.05, 3.63) is 35.4 Å². The Morgan fingerprint density at radius 3 is 2.45 bits per heavy atom. The lowest BCUT2D eigenvalue weighted by Gasteiger charge is -2.36. The summed E-state index contributed by atoms with van der Waals surface area (Å²) >= 11 is 0. The van der Waals surface area contributed by atoms with Crippen LogP contribution in [0.4, 0.5) is 0 Å². The zero-order valence-corrected chi connectivity index (χ0v) is 19.5. The molecule has 2 aliphatic rings. The Labute approximate surface area is 195 Å². The van der Waals surface area contributed by atoms with Crippen molar-refractivity contribution in [1.82, 2.24) is 15.5 Å². The summed E-state index contributed by atoms with van der Waals surface area (Å²) in [5.74, 6) is -1.64. The van der Waals surface area contributed by atoms with Gasteiger partial charge in [-0.2, -0.15) is 0 Å². The summed E-state index contributed by atoms with van der Waals surface area (Å²) in [6.45, 7) is 4.01. The Morgan fingerprint density at radius 2 is 1.79 bits per heavy atom. The minimum Gasteiger partial charge on any atom is -0.480 e. The van der Waals surface area contributed by atoms with Gasteiger partial charge in [0.25, 0.3) is 0 Å². The molecule has 0 aromatic heterocycles. The van der Waals surface area contributed by atoms with Crippen LogP contribution in [0, 0.1) is 5.92 Å². The molecule has 1 amide bonds. The van der Waals surface area contributed by atoms with Crippen molar-refractivity contribution in [2.75, 3.05) is 13.1 Å². The van der Waals surface area contributed by atoms with Crippen LogP contribution >= 0.6 is 0 Å². The molecule has 2 aliphatic heterocycles. The second kappa shape index (κ2) is 12.1. The summed E-state index contributed by atoms with van der Waals surface area (Å²) in [5.41, 5.74) is 1.86. The van der Waals surface area contributed by atoms with E-state index in [-0.39, 0.29) is 18.9 Å². The fraction of sp³-hybridized carbons (Fsp3) is 0.640. The number of carboxylic acid groups (broad SMARTS) is 2. The Hall–Kier alpha value is -2.45. The lowest BCUT2D eigenvalue weighted by Crippen LogP contribution is -2.56. The number of carbonyl (C=O) groups is 3. The van der Waals surface area contributed by atoms with Gasteiger partial charge in [0.1, 0.15) is 12.1 Å². The summed E-state index contributed by atoms with van der Waals surface area (Å²) < 4.78 is 0. The summed E-state index contributed by atoms with van der Waals surface area (Å²) in [6, 6.07) is 4.96. The predicted octanol–water partition coefficient (Wildman–Crippen LogP) is 2.41. The highest BCUT2D eigenvalue weighted by molar-refractivity contribution is 5.88. The van der Waals surface area contributed by atoms with E-state index in [2.05, 4.69) is 10.6 Å². The first-order valence-corrected chi connectivity index (χ1v) is 12.2. The summed E-state index contributed by atoms with van der Waals surface area (Å²) in [6.07, 6.45) is 7.18. The number of nitrogens with zero attached hydrogens (tertiary/aromatic N) is 1. The second-order valence-corrected chi connectivity index (χ2v) is 9.40. The number of amides is 1. The largest absolute Gasteiger partial charge is 0.480 e. The third-order valence-corrected chi connectivity index (χ3v) is 7.00. The molecule has 1 aromatic rings. The van der Waals surface area contributed by atoms with Gasteiger partial charge in [0.2, 0.25) is 5.91 Å². The number of carboxylic acids is 2. The fourth-order valence-corrected chi connectivity index (χ4v) is 5.00. The van der Waals surface area contributed by atoms with E-state index in [4.69, 9.17) is 0 Å². The molecule has 2 heterocycles. The lowest BCUT2D eigenvalue weighted by molar-refractivity contribution is -0.152. The maximum absolute atomic E-state index is 13.1. The summed E-state index contributed by atoms with van der Waals surface area (Å²) in [5, 5.41) is 25.7. The normalized spacial score (nSPS) is 20.6. The van der Waals surface area contributed by atoms with Gasteiger partial charge in [0.15, 0.2) is 0 Å². The maximum Gasteiger partial charge on any atom is 0.326 e. The molecule has 8 heteroatoms. The quantitative estimate of drug-likeness (QED) is 0.375. The topological polar surface area (TPSA) is 119 Å². The van der Waals surface area contributed by atoms with Crippen LogP contribution in [0.1, 0.15) is 63.0 Å². The number of unbranched alkanes of at least 4 members (excludes halogenated alkanes) is 2. The van der Waals surface area contributed by atoms with Crippen molar-refractivity contribution in [2.45, 2.75) is 83.0 Å². The van der Waals surface area contributed by atoms with Crippen molar-refractivity contribution in [3.63, 3.8) is 0 Å². The number of fused-ring (bicyclic) bond motifs is 1. The molecule has 0 aliphatic carbocycles. The molecule has 0 radical (unpaired) electrons. The Morgan fingerprint density at radius 1 is 1.09 bits per heavy atom. The molecular weight excluding hydrogens is 422 g/mol. The summed E-state index contributed by atoms with van der Waals surface area (Å²) in [4.78, 5) is 38.1. The minimum atomic E-state index is -1.05. The Bertz CT molecular complexity index is 824. The lowest BCUT2D eigenvalue weighted by atomic mass is 9.92. The molecule has 182 valence electrons. The van der Waals surface area contributed by atoms with Gasteiger partial charge in [-0.15, -0.1) is 0 Å². The van der Waals surface area contributed by atoms with Crippen LogP contribution in [0.25, 0.3) is 0 Å². The smallest absolute Gasteiger partial charge is 0.326 e. The average Bonchev–Trinajstić information content (AvgIpc) is 2.82. The van der Waals surface area contributed by atoms with Crippen LogP contribution < -0.4 is 10.6 Å². The average molecular weight is 460 g/mol. The van der Waals surface area contributed by atoms with Crippen molar-refractivity contribution in [2.24, 2.45) is 5.92 Å². The monoisotopic (exact) mass is 459 g/mol. The minimum absolute atomic E-state index is 0.215. The van der Waals surface area contributed by atoms with Gasteiger partial charge in [-0.1, -0.05) is 49.9 Å². The van der Waals surface area contributed by atoms with Crippen LogP contribution in [-0.2, 0) is 27.3 Å². The molecule has 3 rings (SSSR count). The van der Waals surface area contributed by atoms with Gasteiger partial charge >= 0.3 is 11.9 Å². The van der Waals surface area contributed by atoms with E-state index in [1.54, 1.807) is 6.92 Å². The molecule has 0 spiro atoms. The van der Waals surface area contributed by atoms with E-state index in [0.29, 0.717) is 6.42 Å². The van der Waals surface area contributed by atoms with Gasteiger partial charge in [-0.3, -0.25) is 14.9 Å². The highest BCUT2D eigenvalue weighted by atomic mass is 16.4. The van der Waals surface area contributed by atoms with Gasteiger partial charge < -0.3 is 20.4 Å². The highest BCUT2D eigenvalue weighted by Gasteiger charge is 2.37. The van der Waals surface area contributed by atoms with Crippen LogP contribution in [0.5, 0.6) is 0 Å².